The largest absolute Gasteiger partial charge is 0.315 e. The number of aryl methyl sites for hydroxylation is 1. The van der Waals surface area contributed by atoms with Crippen LogP contribution >= 0.6 is 0 Å². The van der Waals surface area contributed by atoms with Crippen LogP contribution in [0, 0.1) is 24.0 Å². The summed E-state index contributed by atoms with van der Waals surface area (Å²) in [6, 6.07) is 0.261. The van der Waals surface area contributed by atoms with Gasteiger partial charge in [-0.15, -0.1) is 0 Å². The van der Waals surface area contributed by atoms with Crippen molar-refractivity contribution in [2.24, 2.45) is 0 Å². The van der Waals surface area contributed by atoms with E-state index < -0.39 is 0 Å². The fraction of sp³-hybridized carbons (Fsp3) is 0.667. The molecule has 0 spiro atoms. The van der Waals surface area contributed by atoms with Gasteiger partial charge in [0.1, 0.15) is 11.4 Å². The van der Waals surface area contributed by atoms with E-state index in [2.05, 4.69) is 10.4 Å². The molecular formula is C9H14N4O2. The first kappa shape index (κ1) is 10.1. The predicted octanol–water partition coefficient (Wildman–Crippen LogP) is 0.943. The van der Waals surface area contributed by atoms with Crippen LogP contribution < -0.4 is 5.32 Å². The van der Waals surface area contributed by atoms with Crippen molar-refractivity contribution in [2.45, 2.75) is 26.3 Å². The molecule has 6 heteroatoms. The second kappa shape index (κ2) is 3.62. The van der Waals surface area contributed by atoms with E-state index in [9.17, 15) is 10.1 Å². The Morgan fingerprint density at radius 1 is 1.60 bits per heavy atom. The van der Waals surface area contributed by atoms with Gasteiger partial charge in [-0.05, 0) is 26.8 Å². The molecule has 1 atom stereocenters. The third-order valence-electron chi connectivity index (χ3n) is 2.85. The standard InChI is InChI=1S/C9H14N4O2/c1-6-9(13(14)15)7(2)12(11-6)8-3-4-10-5-8/h8,10H,3-5H2,1-2H3. The van der Waals surface area contributed by atoms with Crippen molar-refractivity contribution in [1.29, 1.82) is 0 Å². The minimum atomic E-state index is -0.351. The fourth-order valence-corrected chi connectivity index (χ4v) is 2.12. The van der Waals surface area contributed by atoms with Crippen molar-refractivity contribution in [2.75, 3.05) is 13.1 Å². The highest BCUT2D eigenvalue weighted by Crippen LogP contribution is 2.26. The van der Waals surface area contributed by atoms with Gasteiger partial charge in [0.15, 0.2) is 0 Å². The number of aromatic nitrogens is 2. The summed E-state index contributed by atoms with van der Waals surface area (Å²) in [7, 11) is 0. The molecule has 1 N–H and O–H groups in total. The number of nitrogens with one attached hydrogen (secondary N) is 1. The lowest BCUT2D eigenvalue weighted by molar-refractivity contribution is -0.386. The van der Waals surface area contributed by atoms with Gasteiger partial charge in [-0.3, -0.25) is 14.8 Å². The predicted molar refractivity (Wildman–Crippen MR) is 54.9 cm³/mol. The van der Waals surface area contributed by atoms with Gasteiger partial charge in [-0.1, -0.05) is 0 Å². The number of hydrogen-bond acceptors (Lipinski definition) is 4. The van der Waals surface area contributed by atoms with Gasteiger partial charge < -0.3 is 5.32 Å². The Bertz CT molecular complexity index is 393. The quantitative estimate of drug-likeness (QED) is 0.582. The van der Waals surface area contributed by atoms with Crippen molar-refractivity contribution in [1.82, 2.24) is 15.1 Å². The summed E-state index contributed by atoms with van der Waals surface area (Å²) in [6.07, 6.45) is 0.985. The molecule has 0 bridgehead atoms. The summed E-state index contributed by atoms with van der Waals surface area (Å²) < 4.78 is 1.79. The smallest absolute Gasteiger partial charge is 0.312 e. The second-order valence-electron chi connectivity index (χ2n) is 3.87. The Balaban J connectivity index is 2.40. The maximum absolute atomic E-state index is 10.8. The molecule has 82 valence electrons. The Labute approximate surface area is 87.4 Å². The average molecular weight is 210 g/mol. The lowest BCUT2D eigenvalue weighted by Gasteiger charge is -2.10. The number of rotatable bonds is 2. The maximum atomic E-state index is 10.8. The maximum Gasteiger partial charge on any atom is 0.312 e. The molecule has 0 aliphatic carbocycles. The third kappa shape index (κ3) is 1.61. The van der Waals surface area contributed by atoms with Crippen LogP contribution in [0.3, 0.4) is 0 Å². The lowest BCUT2D eigenvalue weighted by Crippen LogP contribution is -2.15. The van der Waals surface area contributed by atoms with Gasteiger partial charge in [-0.2, -0.15) is 5.10 Å². The van der Waals surface area contributed by atoms with Gasteiger partial charge >= 0.3 is 5.69 Å². The summed E-state index contributed by atoms with van der Waals surface area (Å²) in [6.45, 7) is 5.25. The van der Waals surface area contributed by atoms with E-state index in [4.69, 9.17) is 0 Å². The van der Waals surface area contributed by atoms with E-state index in [0.29, 0.717) is 11.4 Å². The van der Waals surface area contributed by atoms with Crippen LogP contribution in [-0.4, -0.2) is 27.8 Å². The highest BCUT2D eigenvalue weighted by molar-refractivity contribution is 5.39. The average Bonchev–Trinajstić information content (AvgIpc) is 2.72. The molecular weight excluding hydrogens is 196 g/mol. The summed E-state index contributed by atoms with van der Waals surface area (Å²) >= 11 is 0. The topological polar surface area (TPSA) is 73.0 Å². The zero-order valence-corrected chi connectivity index (χ0v) is 8.86. The van der Waals surface area contributed by atoms with E-state index in [1.807, 2.05) is 0 Å². The Hall–Kier alpha value is -1.43. The highest BCUT2D eigenvalue weighted by Gasteiger charge is 2.27. The number of nitro groups is 1. The SMILES string of the molecule is Cc1nn(C2CCNC2)c(C)c1[N+](=O)[O-]. The monoisotopic (exact) mass is 210 g/mol. The minimum absolute atomic E-state index is 0.155. The van der Waals surface area contributed by atoms with Gasteiger partial charge in [0.05, 0.1) is 11.0 Å². The minimum Gasteiger partial charge on any atom is -0.315 e. The van der Waals surface area contributed by atoms with Crippen LogP contribution in [0.4, 0.5) is 5.69 Å². The van der Waals surface area contributed by atoms with E-state index >= 15 is 0 Å². The molecule has 1 aromatic rings. The molecule has 0 amide bonds. The molecule has 1 aliphatic heterocycles. The zero-order chi connectivity index (χ0) is 11.0. The first-order valence-corrected chi connectivity index (χ1v) is 5.02. The summed E-state index contributed by atoms with van der Waals surface area (Å²) in [5, 5.41) is 18.3. The lowest BCUT2D eigenvalue weighted by atomic mass is 10.2. The van der Waals surface area contributed by atoms with Gasteiger partial charge in [-0.25, -0.2) is 0 Å². The van der Waals surface area contributed by atoms with E-state index in [1.54, 1.807) is 18.5 Å². The Morgan fingerprint density at radius 3 is 2.80 bits per heavy atom. The summed E-state index contributed by atoms with van der Waals surface area (Å²) in [5.41, 5.74) is 1.32. The molecule has 2 heterocycles. The Morgan fingerprint density at radius 2 is 2.33 bits per heavy atom. The van der Waals surface area contributed by atoms with Gasteiger partial charge in [0, 0.05) is 6.54 Å². The van der Waals surface area contributed by atoms with Crippen molar-refractivity contribution >= 4 is 5.69 Å². The summed E-state index contributed by atoms with van der Waals surface area (Å²) in [5.74, 6) is 0. The molecule has 0 saturated carbocycles. The van der Waals surface area contributed by atoms with Crippen LogP contribution in [0.25, 0.3) is 0 Å². The van der Waals surface area contributed by atoms with E-state index in [1.165, 1.54) is 0 Å². The Kier molecular flexibility index (Phi) is 2.44. The molecule has 15 heavy (non-hydrogen) atoms. The van der Waals surface area contributed by atoms with Crippen LogP contribution in [0.2, 0.25) is 0 Å². The first-order valence-electron chi connectivity index (χ1n) is 5.02. The van der Waals surface area contributed by atoms with E-state index in [-0.39, 0.29) is 16.7 Å². The van der Waals surface area contributed by atoms with Crippen LogP contribution in [0.5, 0.6) is 0 Å². The van der Waals surface area contributed by atoms with Gasteiger partial charge in [0.2, 0.25) is 0 Å². The first-order chi connectivity index (χ1) is 7.11. The molecule has 1 aliphatic rings. The normalized spacial score (nSPS) is 20.8. The molecule has 1 saturated heterocycles. The number of hydrogen-bond donors (Lipinski definition) is 1. The molecule has 2 rings (SSSR count). The number of nitrogens with zero attached hydrogens (tertiary/aromatic N) is 3. The van der Waals surface area contributed by atoms with Crippen LogP contribution in [0.15, 0.2) is 0 Å². The second-order valence-corrected chi connectivity index (χ2v) is 3.87. The van der Waals surface area contributed by atoms with E-state index in [0.717, 1.165) is 19.5 Å². The molecule has 1 aromatic heterocycles. The molecule has 0 radical (unpaired) electrons. The highest BCUT2D eigenvalue weighted by atomic mass is 16.6. The summed E-state index contributed by atoms with van der Waals surface area (Å²) in [4.78, 5) is 10.5. The van der Waals surface area contributed by atoms with Gasteiger partial charge in [0.25, 0.3) is 0 Å². The molecule has 0 aromatic carbocycles. The third-order valence-corrected chi connectivity index (χ3v) is 2.85. The molecule has 6 nitrogen and oxygen atoms in total. The van der Waals surface area contributed by atoms with Crippen LogP contribution in [-0.2, 0) is 0 Å². The zero-order valence-electron chi connectivity index (χ0n) is 8.86. The fourth-order valence-electron chi connectivity index (χ4n) is 2.12. The van der Waals surface area contributed by atoms with Crippen molar-refractivity contribution in [3.8, 4) is 0 Å². The molecule has 1 fully saturated rings. The van der Waals surface area contributed by atoms with Crippen molar-refractivity contribution < 1.29 is 4.92 Å². The van der Waals surface area contributed by atoms with Crippen LogP contribution in [0.1, 0.15) is 23.9 Å². The van der Waals surface area contributed by atoms with Crippen molar-refractivity contribution in [3.05, 3.63) is 21.5 Å². The molecule has 1 unspecified atom stereocenters. The van der Waals surface area contributed by atoms with Crippen molar-refractivity contribution in [3.63, 3.8) is 0 Å².